The Morgan fingerprint density at radius 2 is 1.86 bits per heavy atom. The molecule has 0 saturated carbocycles. The maximum absolute atomic E-state index is 13.0. The van der Waals surface area contributed by atoms with Crippen molar-refractivity contribution < 1.29 is 22.7 Å². The number of hydrogen-bond donors (Lipinski definition) is 1. The van der Waals surface area contributed by atoms with E-state index in [9.17, 15) is 18.0 Å². The van der Waals surface area contributed by atoms with Crippen molar-refractivity contribution in [3.63, 3.8) is 0 Å². The topological polar surface area (TPSA) is 106 Å². The average Bonchev–Trinajstić information content (AvgIpc) is 3.08. The first-order valence-electron chi connectivity index (χ1n) is 8.81. The summed E-state index contributed by atoms with van der Waals surface area (Å²) in [5.74, 6) is -1.13. The number of carbonyl (C=O) groups excluding carboxylic acids is 2. The van der Waals surface area contributed by atoms with Gasteiger partial charge < -0.3 is 4.74 Å². The molecule has 10 heteroatoms. The van der Waals surface area contributed by atoms with Crippen LogP contribution in [0.1, 0.15) is 45.0 Å². The predicted molar refractivity (Wildman–Crippen MR) is 105 cm³/mol. The number of esters is 1. The first-order valence-corrected chi connectivity index (χ1v) is 11.1. The van der Waals surface area contributed by atoms with E-state index in [-0.39, 0.29) is 20.5 Å². The average molecular weight is 424 g/mol. The number of rotatable bonds is 5. The zero-order valence-corrected chi connectivity index (χ0v) is 17.2. The SMILES string of the molecule is COC(=O)c1sc(NC(=O)c2ccccc2S(=O)(=O)N2CCCCC2)nc1C. The molecule has 1 aromatic heterocycles. The first-order chi connectivity index (χ1) is 13.3. The molecule has 1 aliphatic rings. The van der Waals surface area contributed by atoms with Gasteiger partial charge in [0.25, 0.3) is 5.91 Å². The molecule has 0 atom stereocenters. The number of sulfonamides is 1. The number of methoxy groups -OCH3 is 1. The van der Waals surface area contributed by atoms with Gasteiger partial charge in [-0.05, 0) is 31.9 Å². The van der Waals surface area contributed by atoms with Gasteiger partial charge >= 0.3 is 5.97 Å². The third kappa shape index (κ3) is 4.08. The van der Waals surface area contributed by atoms with Crippen LogP contribution >= 0.6 is 11.3 Å². The number of amides is 1. The third-order valence-corrected chi connectivity index (χ3v) is 7.46. The molecular formula is C18H21N3O5S2. The maximum atomic E-state index is 13.0. The minimum absolute atomic E-state index is 0.0316. The Morgan fingerprint density at radius 1 is 1.18 bits per heavy atom. The fraction of sp³-hybridized carbons (Fsp3) is 0.389. The van der Waals surface area contributed by atoms with E-state index in [1.54, 1.807) is 19.1 Å². The molecular weight excluding hydrogens is 402 g/mol. The zero-order chi connectivity index (χ0) is 20.3. The van der Waals surface area contributed by atoms with Crippen LogP contribution in [0.15, 0.2) is 29.2 Å². The van der Waals surface area contributed by atoms with Gasteiger partial charge in [0.15, 0.2) is 5.13 Å². The number of nitrogens with one attached hydrogen (secondary N) is 1. The van der Waals surface area contributed by atoms with Gasteiger partial charge in [0.2, 0.25) is 10.0 Å². The first kappa shape index (κ1) is 20.4. The second kappa shape index (κ2) is 8.38. The molecule has 0 spiro atoms. The molecule has 150 valence electrons. The summed E-state index contributed by atoms with van der Waals surface area (Å²) in [6, 6.07) is 6.10. The lowest BCUT2D eigenvalue weighted by molar-refractivity contribution is 0.0605. The molecule has 0 aliphatic carbocycles. The summed E-state index contributed by atoms with van der Waals surface area (Å²) in [6.45, 7) is 2.53. The van der Waals surface area contributed by atoms with Crippen LogP contribution in [0.5, 0.6) is 0 Å². The Bertz CT molecular complexity index is 994. The molecule has 1 saturated heterocycles. The lowest BCUT2D eigenvalue weighted by Gasteiger charge is -2.26. The highest BCUT2D eigenvalue weighted by Gasteiger charge is 2.30. The van der Waals surface area contributed by atoms with Crippen molar-refractivity contribution in [2.24, 2.45) is 0 Å². The monoisotopic (exact) mass is 423 g/mol. The predicted octanol–water partition coefficient (Wildman–Crippen LogP) is 2.67. The van der Waals surface area contributed by atoms with Crippen LogP contribution in [0.4, 0.5) is 5.13 Å². The summed E-state index contributed by atoms with van der Waals surface area (Å²) in [7, 11) is -2.50. The molecule has 1 aromatic carbocycles. The number of thiazole rings is 1. The lowest BCUT2D eigenvalue weighted by Crippen LogP contribution is -2.36. The Labute approximate surface area is 167 Å². The number of hydrogen-bond acceptors (Lipinski definition) is 7. The van der Waals surface area contributed by atoms with Crippen molar-refractivity contribution in [3.8, 4) is 0 Å². The largest absolute Gasteiger partial charge is 0.465 e. The molecule has 1 aliphatic heterocycles. The molecule has 1 fully saturated rings. The Balaban J connectivity index is 1.88. The zero-order valence-electron chi connectivity index (χ0n) is 15.6. The van der Waals surface area contributed by atoms with Crippen molar-refractivity contribution in [1.29, 1.82) is 0 Å². The molecule has 1 amide bonds. The number of aromatic nitrogens is 1. The van der Waals surface area contributed by atoms with Crippen LogP contribution < -0.4 is 5.32 Å². The van der Waals surface area contributed by atoms with Crippen LogP contribution in [-0.4, -0.2) is 49.8 Å². The Hall–Kier alpha value is -2.30. The third-order valence-electron chi connectivity index (χ3n) is 4.45. The number of piperidine rings is 1. The van der Waals surface area contributed by atoms with Crippen LogP contribution in [0.25, 0.3) is 0 Å². The van der Waals surface area contributed by atoms with Gasteiger partial charge in [0.1, 0.15) is 4.88 Å². The van der Waals surface area contributed by atoms with Crippen LogP contribution in [-0.2, 0) is 14.8 Å². The number of anilines is 1. The fourth-order valence-corrected chi connectivity index (χ4v) is 5.61. The smallest absolute Gasteiger partial charge is 0.350 e. The molecule has 8 nitrogen and oxygen atoms in total. The molecule has 1 N–H and O–H groups in total. The van der Waals surface area contributed by atoms with Crippen LogP contribution in [0.2, 0.25) is 0 Å². The molecule has 2 heterocycles. The summed E-state index contributed by atoms with van der Waals surface area (Å²) < 4.78 is 32.2. The van der Waals surface area contributed by atoms with Crippen molar-refractivity contribution in [1.82, 2.24) is 9.29 Å². The van der Waals surface area contributed by atoms with Crippen molar-refractivity contribution >= 4 is 38.4 Å². The quantitative estimate of drug-likeness (QED) is 0.741. The number of aryl methyl sites for hydroxylation is 1. The summed E-state index contributed by atoms with van der Waals surface area (Å²) >= 11 is 0.979. The molecule has 0 unspecified atom stereocenters. The summed E-state index contributed by atoms with van der Waals surface area (Å²) in [5.41, 5.74) is 0.474. The minimum Gasteiger partial charge on any atom is -0.465 e. The molecule has 0 bridgehead atoms. The van der Waals surface area contributed by atoms with Gasteiger partial charge in [-0.1, -0.05) is 29.9 Å². The fourth-order valence-electron chi connectivity index (χ4n) is 3.02. The highest BCUT2D eigenvalue weighted by atomic mass is 32.2. The molecule has 2 aromatic rings. The Morgan fingerprint density at radius 3 is 2.54 bits per heavy atom. The summed E-state index contributed by atoms with van der Waals surface area (Å²) in [5, 5.41) is 2.79. The molecule has 3 rings (SSSR count). The van der Waals surface area contributed by atoms with E-state index >= 15 is 0 Å². The second-order valence-corrected chi connectivity index (χ2v) is 9.25. The van der Waals surface area contributed by atoms with Crippen molar-refractivity contribution in [3.05, 3.63) is 40.4 Å². The number of benzene rings is 1. The standard InChI is InChI=1S/C18H21N3O5S2/c1-12-15(17(23)26-2)27-18(19-12)20-16(22)13-8-4-5-9-14(13)28(24,25)21-10-6-3-7-11-21/h4-5,8-9H,3,6-7,10-11H2,1-2H3,(H,19,20,22). The van der Waals surface area contributed by atoms with Gasteiger partial charge in [-0.25, -0.2) is 18.2 Å². The lowest BCUT2D eigenvalue weighted by atomic mass is 10.2. The van der Waals surface area contributed by atoms with Crippen LogP contribution in [0, 0.1) is 6.92 Å². The van der Waals surface area contributed by atoms with Crippen LogP contribution in [0.3, 0.4) is 0 Å². The number of ether oxygens (including phenoxy) is 1. The normalized spacial score (nSPS) is 15.2. The summed E-state index contributed by atoms with van der Waals surface area (Å²) in [4.78, 5) is 28.9. The number of nitrogens with zero attached hydrogens (tertiary/aromatic N) is 2. The Kier molecular flexibility index (Phi) is 6.11. The molecule has 0 radical (unpaired) electrons. The van der Waals surface area contributed by atoms with E-state index in [0.29, 0.717) is 18.8 Å². The van der Waals surface area contributed by atoms with Gasteiger partial charge in [-0.2, -0.15) is 4.31 Å². The van der Waals surface area contributed by atoms with Gasteiger partial charge in [0, 0.05) is 13.1 Å². The van der Waals surface area contributed by atoms with Gasteiger partial charge in [-0.15, -0.1) is 0 Å². The van der Waals surface area contributed by atoms with E-state index in [1.807, 2.05) is 0 Å². The van der Waals surface area contributed by atoms with E-state index in [4.69, 9.17) is 0 Å². The van der Waals surface area contributed by atoms with E-state index in [0.717, 1.165) is 30.6 Å². The van der Waals surface area contributed by atoms with Gasteiger partial charge in [0.05, 0.1) is 23.3 Å². The van der Waals surface area contributed by atoms with Crippen molar-refractivity contribution in [2.75, 3.05) is 25.5 Å². The second-order valence-electron chi connectivity index (χ2n) is 6.34. The highest BCUT2D eigenvalue weighted by Crippen LogP contribution is 2.27. The minimum atomic E-state index is -3.77. The van der Waals surface area contributed by atoms with Crippen molar-refractivity contribution in [2.45, 2.75) is 31.1 Å². The van der Waals surface area contributed by atoms with E-state index in [2.05, 4.69) is 15.0 Å². The van der Waals surface area contributed by atoms with E-state index < -0.39 is 21.9 Å². The number of carbonyl (C=O) groups is 2. The molecule has 28 heavy (non-hydrogen) atoms. The van der Waals surface area contributed by atoms with Gasteiger partial charge in [-0.3, -0.25) is 10.1 Å². The maximum Gasteiger partial charge on any atom is 0.350 e. The highest BCUT2D eigenvalue weighted by molar-refractivity contribution is 7.89. The van der Waals surface area contributed by atoms with E-state index in [1.165, 1.54) is 23.5 Å². The summed E-state index contributed by atoms with van der Waals surface area (Å²) in [6.07, 6.45) is 2.62.